The number of sulfonamides is 1. The van der Waals surface area contributed by atoms with E-state index in [-0.39, 0.29) is 21.0 Å². The molecule has 0 aromatic heterocycles. The molecule has 0 amide bonds. The molecule has 2 atom stereocenters. The van der Waals surface area contributed by atoms with Gasteiger partial charge in [-0.15, -0.1) is 0 Å². The third kappa shape index (κ3) is 2.46. The summed E-state index contributed by atoms with van der Waals surface area (Å²) in [5.74, 6) is 0.389. The maximum absolute atomic E-state index is 12.7. The summed E-state index contributed by atoms with van der Waals surface area (Å²) in [6, 6.07) is 5.01. The van der Waals surface area contributed by atoms with E-state index in [2.05, 4.69) is 5.32 Å². The van der Waals surface area contributed by atoms with Crippen LogP contribution in [0.4, 0.5) is 0 Å². The predicted molar refractivity (Wildman–Crippen MR) is 79.7 cm³/mol. The van der Waals surface area contributed by atoms with E-state index in [9.17, 15) is 8.42 Å². The number of piperidine rings is 1. The maximum atomic E-state index is 12.7. The van der Waals surface area contributed by atoms with Crippen molar-refractivity contribution >= 4 is 33.2 Å². The molecule has 1 aromatic rings. The normalized spacial score (nSPS) is 27.5. The molecule has 0 saturated carbocycles. The van der Waals surface area contributed by atoms with Crippen molar-refractivity contribution < 1.29 is 8.42 Å². The number of halogens is 2. The number of nitrogens with zero attached hydrogens (tertiary/aromatic N) is 1. The maximum Gasteiger partial charge on any atom is 0.246 e. The molecule has 1 aromatic carbocycles. The summed E-state index contributed by atoms with van der Waals surface area (Å²) in [4.78, 5) is 0.0296. The van der Waals surface area contributed by atoms with Crippen LogP contribution in [0.2, 0.25) is 10.0 Å². The standard InChI is InChI=1S/C13H16Cl2N2O2S/c14-10-4-1-5-11(15)13(10)20(18,19)17-7-9-3-2-6-16-12(9)8-17/h1,4-5,9,12,16H,2-3,6-8H2. The molecule has 0 aliphatic carbocycles. The van der Waals surface area contributed by atoms with Crippen molar-refractivity contribution in [2.45, 2.75) is 23.8 Å². The first-order valence-electron chi connectivity index (χ1n) is 6.67. The Kier molecular flexibility index (Phi) is 3.99. The second kappa shape index (κ2) is 5.46. The fourth-order valence-electron chi connectivity index (χ4n) is 3.06. The summed E-state index contributed by atoms with van der Waals surface area (Å²) < 4.78 is 27.0. The van der Waals surface area contributed by atoms with Gasteiger partial charge in [-0.1, -0.05) is 29.3 Å². The van der Waals surface area contributed by atoms with Crippen molar-refractivity contribution in [3.05, 3.63) is 28.2 Å². The van der Waals surface area contributed by atoms with Crippen LogP contribution in [0.3, 0.4) is 0 Å². The highest BCUT2D eigenvalue weighted by Crippen LogP contribution is 2.35. The molecule has 0 radical (unpaired) electrons. The van der Waals surface area contributed by atoms with Crippen LogP contribution in [-0.2, 0) is 10.0 Å². The SMILES string of the molecule is O=S(=O)(c1c(Cl)cccc1Cl)N1CC2CCCNC2C1. The van der Waals surface area contributed by atoms with Gasteiger partial charge in [0.25, 0.3) is 0 Å². The van der Waals surface area contributed by atoms with Crippen LogP contribution >= 0.6 is 23.2 Å². The van der Waals surface area contributed by atoms with Crippen molar-refractivity contribution in [1.29, 1.82) is 0 Å². The summed E-state index contributed by atoms with van der Waals surface area (Å²) >= 11 is 12.1. The van der Waals surface area contributed by atoms with Crippen molar-refractivity contribution in [3.63, 3.8) is 0 Å². The average molecular weight is 335 g/mol. The summed E-state index contributed by atoms with van der Waals surface area (Å²) in [6.07, 6.45) is 2.17. The Balaban J connectivity index is 1.93. The van der Waals surface area contributed by atoms with Crippen LogP contribution in [0.15, 0.2) is 23.1 Å². The number of hydrogen-bond acceptors (Lipinski definition) is 3. The van der Waals surface area contributed by atoms with Crippen LogP contribution in [0.1, 0.15) is 12.8 Å². The van der Waals surface area contributed by atoms with E-state index in [0.717, 1.165) is 19.4 Å². The highest BCUT2D eigenvalue weighted by molar-refractivity contribution is 7.89. The van der Waals surface area contributed by atoms with E-state index < -0.39 is 10.0 Å². The van der Waals surface area contributed by atoms with Gasteiger partial charge in [0.05, 0.1) is 10.0 Å². The van der Waals surface area contributed by atoms with Gasteiger partial charge in [-0.25, -0.2) is 8.42 Å². The third-order valence-electron chi connectivity index (χ3n) is 4.08. The van der Waals surface area contributed by atoms with E-state index in [1.165, 1.54) is 4.31 Å². The van der Waals surface area contributed by atoms with Crippen molar-refractivity contribution in [3.8, 4) is 0 Å². The molecular formula is C13H16Cl2N2O2S. The van der Waals surface area contributed by atoms with Gasteiger partial charge < -0.3 is 5.32 Å². The van der Waals surface area contributed by atoms with Gasteiger partial charge in [0.1, 0.15) is 4.90 Å². The molecular weight excluding hydrogens is 319 g/mol. The third-order valence-corrected chi connectivity index (χ3v) is 6.87. The molecule has 20 heavy (non-hydrogen) atoms. The molecule has 2 aliphatic rings. The molecule has 2 unspecified atom stereocenters. The zero-order valence-corrected chi connectivity index (χ0v) is 13.2. The van der Waals surface area contributed by atoms with E-state index in [1.54, 1.807) is 18.2 Å². The minimum Gasteiger partial charge on any atom is -0.312 e. The fraction of sp³-hybridized carbons (Fsp3) is 0.538. The summed E-state index contributed by atoms with van der Waals surface area (Å²) in [5, 5.41) is 3.75. The Bertz CT molecular complexity index is 587. The van der Waals surface area contributed by atoms with E-state index >= 15 is 0 Å². The highest BCUT2D eigenvalue weighted by atomic mass is 35.5. The minimum absolute atomic E-state index is 0.0296. The monoisotopic (exact) mass is 334 g/mol. The highest BCUT2D eigenvalue weighted by Gasteiger charge is 2.41. The second-order valence-electron chi connectivity index (χ2n) is 5.34. The summed E-state index contributed by atoms with van der Waals surface area (Å²) in [7, 11) is -3.63. The van der Waals surface area contributed by atoms with E-state index in [1.807, 2.05) is 0 Å². The lowest BCUT2D eigenvalue weighted by Crippen LogP contribution is -2.41. The summed E-state index contributed by atoms with van der Waals surface area (Å²) in [5.41, 5.74) is 0. The van der Waals surface area contributed by atoms with Gasteiger partial charge in [0, 0.05) is 19.1 Å². The molecule has 2 aliphatic heterocycles. The van der Waals surface area contributed by atoms with Gasteiger partial charge >= 0.3 is 0 Å². The summed E-state index contributed by atoms with van der Waals surface area (Å²) in [6.45, 7) is 2.00. The zero-order valence-electron chi connectivity index (χ0n) is 10.9. The Morgan fingerprint density at radius 1 is 1.20 bits per heavy atom. The first-order chi connectivity index (χ1) is 9.50. The number of hydrogen-bond donors (Lipinski definition) is 1. The van der Waals surface area contributed by atoms with E-state index in [0.29, 0.717) is 19.0 Å². The van der Waals surface area contributed by atoms with Crippen molar-refractivity contribution in [1.82, 2.24) is 9.62 Å². The topological polar surface area (TPSA) is 49.4 Å². The van der Waals surface area contributed by atoms with Crippen LogP contribution < -0.4 is 5.32 Å². The fourth-order valence-corrected chi connectivity index (χ4v) is 5.68. The lowest BCUT2D eigenvalue weighted by Gasteiger charge is -2.24. The smallest absolute Gasteiger partial charge is 0.246 e. The van der Waals surface area contributed by atoms with E-state index in [4.69, 9.17) is 23.2 Å². The molecule has 2 saturated heterocycles. The van der Waals surface area contributed by atoms with Crippen molar-refractivity contribution in [2.24, 2.45) is 5.92 Å². The Labute approximate surface area is 129 Å². The van der Waals surface area contributed by atoms with Crippen LogP contribution in [-0.4, -0.2) is 38.4 Å². The van der Waals surface area contributed by atoms with Crippen LogP contribution in [0, 0.1) is 5.92 Å². The van der Waals surface area contributed by atoms with Crippen LogP contribution in [0.25, 0.3) is 0 Å². The Morgan fingerprint density at radius 3 is 2.55 bits per heavy atom. The van der Waals surface area contributed by atoms with Gasteiger partial charge in [-0.05, 0) is 37.4 Å². The molecule has 4 nitrogen and oxygen atoms in total. The van der Waals surface area contributed by atoms with Gasteiger partial charge in [-0.2, -0.15) is 4.31 Å². The molecule has 110 valence electrons. The molecule has 0 spiro atoms. The second-order valence-corrected chi connectivity index (χ2v) is 8.02. The first kappa shape index (κ1) is 14.6. The lowest BCUT2D eigenvalue weighted by molar-refractivity contribution is 0.339. The lowest BCUT2D eigenvalue weighted by atomic mass is 9.94. The minimum atomic E-state index is -3.63. The molecule has 0 bridgehead atoms. The average Bonchev–Trinajstić information content (AvgIpc) is 2.82. The van der Waals surface area contributed by atoms with Crippen molar-refractivity contribution in [2.75, 3.05) is 19.6 Å². The number of nitrogens with one attached hydrogen (secondary N) is 1. The molecule has 3 rings (SSSR count). The largest absolute Gasteiger partial charge is 0.312 e. The quantitative estimate of drug-likeness (QED) is 0.903. The molecule has 1 N–H and O–H groups in total. The first-order valence-corrected chi connectivity index (χ1v) is 8.87. The molecule has 2 fully saturated rings. The zero-order chi connectivity index (χ0) is 14.3. The van der Waals surface area contributed by atoms with Crippen LogP contribution in [0.5, 0.6) is 0 Å². The Morgan fingerprint density at radius 2 is 1.90 bits per heavy atom. The molecule has 7 heteroatoms. The van der Waals surface area contributed by atoms with Gasteiger partial charge in [0.2, 0.25) is 10.0 Å². The number of benzene rings is 1. The van der Waals surface area contributed by atoms with Gasteiger partial charge in [-0.3, -0.25) is 0 Å². The number of rotatable bonds is 2. The van der Waals surface area contributed by atoms with Gasteiger partial charge in [0.15, 0.2) is 0 Å². The molecule has 2 heterocycles. The number of fused-ring (bicyclic) bond motifs is 1. The Hall–Kier alpha value is -0.330. The predicted octanol–water partition coefficient (Wildman–Crippen LogP) is 2.37.